The van der Waals surface area contributed by atoms with Crippen molar-refractivity contribution in [1.29, 1.82) is 0 Å². The van der Waals surface area contributed by atoms with Gasteiger partial charge >= 0.3 is 0 Å². The molecular weight excluding hydrogens is 297 g/mol. The van der Waals surface area contributed by atoms with Crippen LogP contribution < -0.4 is 5.32 Å². The van der Waals surface area contributed by atoms with Crippen molar-refractivity contribution in [2.24, 2.45) is 7.05 Å². The number of halogens is 2. The van der Waals surface area contributed by atoms with Gasteiger partial charge in [0, 0.05) is 24.4 Å². The van der Waals surface area contributed by atoms with Crippen LogP contribution in [0.25, 0.3) is 0 Å². The van der Waals surface area contributed by atoms with Crippen molar-refractivity contribution in [3.63, 3.8) is 0 Å². The number of hydrogen-bond donors (Lipinski definition) is 1. The largest absolute Gasteiger partial charge is 0.309 e. The predicted octanol–water partition coefficient (Wildman–Crippen LogP) is 2.94. The standard InChI is InChI=1S/C13H15BrFN3/c1-8-10(7-18(3)17-8)13(16-2)9-5-4-6-11(14)12(9)15/h4-7,13,16H,1-3H3. The Morgan fingerprint density at radius 2 is 2.11 bits per heavy atom. The summed E-state index contributed by atoms with van der Waals surface area (Å²) in [5, 5.41) is 7.44. The molecule has 96 valence electrons. The Balaban J connectivity index is 2.52. The van der Waals surface area contributed by atoms with E-state index in [0.29, 0.717) is 10.0 Å². The summed E-state index contributed by atoms with van der Waals surface area (Å²) in [4.78, 5) is 0. The predicted molar refractivity (Wildman–Crippen MR) is 72.9 cm³/mol. The van der Waals surface area contributed by atoms with Crippen molar-refractivity contribution in [2.75, 3.05) is 7.05 Å². The second-order valence-electron chi connectivity index (χ2n) is 4.21. The number of aromatic nitrogens is 2. The SMILES string of the molecule is CNC(c1cn(C)nc1C)c1cccc(Br)c1F. The number of nitrogens with one attached hydrogen (secondary N) is 1. The zero-order chi connectivity index (χ0) is 13.3. The molecule has 2 rings (SSSR count). The summed E-state index contributed by atoms with van der Waals surface area (Å²) in [7, 11) is 3.68. The van der Waals surface area contributed by atoms with Crippen LogP contribution in [0, 0.1) is 12.7 Å². The molecule has 1 heterocycles. The van der Waals surface area contributed by atoms with Crippen LogP contribution in [0.1, 0.15) is 22.9 Å². The van der Waals surface area contributed by atoms with Crippen molar-refractivity contribution in [3.05, 3.63) is 51.5 Å². The van der Waals surface area contributed by atoms with Gasteiger partial charge in [-0.3, -0.25) is 4.68 Å². The molecule has 0 aliphatic heterocycles. The van der Waals surface area contributed by atoms with Crippen molar-refractivity contribution in [3.8, 4) is 0 Å². The molecular formula is C13H15BrFN3. The quantitative estimate of drug-likeness (QED) is 0.944. The zero-order valence-electron chi connectivity index (χ0n) is 10.5. The van der Waals surface area contributed by atoms with Gasteiger partial charge in [0.2, 0.25) is 0 Å². The van der Waals surface area contributed by atoms with E-state index in [9.17, 15) is 4.39 Å². The minimum Gasteiger partial charge on any atom is -0.309 e. The van der Waals surface area contributed by atoms with Gasteiger partial charge in [-0.15, -0.1) is 0 Å². The number of aryl methyl sites for hydroxylation is 2. The van der Waals surface area contributed by atoms with Gasteiger partial charge in [-0.05, 0) is 36.0 Å². The van der Waals surface area contributed by atoms with Crippen LogP contribution >= 0.6 is 15.9 Å². The Bertz CT molecular complexity index is 565. The fourth-order valence-electron chi connectivity index (χ4n) is 2.12. The lowest BCUT2D eigenvalue weighted by atomic mass is 9.99. The van der Waals surface area contributed by atoms with Crippen LogP contribution in [-0.4, -0.2) is 16.8 Å². The maximum absolute atomic E-state index is 14.1. The zero-order valence-corrected chi connectivity index (χ0v) is 12.1. The van der Waals surface area contributed by atoms with Crippen LogP contribution in [0.15, 0.2) is 28.9 Å². The lowest BCUT2D eigenvalue weighted by Gasteiger charge is -2.17. The van der Waals surface area contributed by atoms with E-state index in [1.165, 1.54) is 0 Å². The van der Waals surface area contributed by atoms with Crippen molar-refractivity contribution in [1.82, 2.24) is 15.1 Å². The van der Waals surface area contributed by atoms with Gasteiger partial charge in [0.1, 0.15) is 5.82 Å². The molecule has 0 amide bonds. The number of nitrogens with zero attached hydrogens (tertiary/aromatic N) is 2. The number of hydrogen-bond acceptors (Lipinski definition) is 2. The molecule has 5 heteroatoms. The molecule has 3 nitrogen and oxygen atoms in total. The normalized spacial score (nSPS) is 12.7. The molecule has 1 unspecified atom stereocenters. The third-order valence-corrected chi connectivity index (χ3v) is 3.56. The van der Waals surface area contributed by atoms with E-state index < -0.39 is 0 Å². The minimum absolute atomic E-state index is 0.198. The molecule has 0 saturated heterocycles. The Morgan fingerprint density at radius 1 is 1.39 bits per heavy atom. The maximum atomic E-state index is 14.1. The molecule has 0 fully saturated rings. The smallest absolute Gasteiger partial charge is 0.142 e. The molecule has 0 bridgehead atoms. The first kappa shape index (κ1) is 13.2. The summed E-state index contributed by atoms with van der Waals surface area (Å²) < 4.78 is 16.4. The Hall–Kier alpha value is -1.20. The van der Waals surface area contributed by atoms with E-state index in [-0.39, 0.29) is 11.9 Å². The molecule has 1 atom stereocenters. The first-order valence-electron chi connectivity index (χ1n) is 5.66. The average molecular weight is 312 g/mol. The molecule has 1 N–H and O–H groups in total. The first-order chi connectivity index (χ1) is 8.54. The Labute approximate surface area is 114 Å². The second kappa shape index (κ2) is 5.20. The van der Waals surface area contributed by atoms with Gasteiger partial charge in [0.05, 0.1) is 16.2 Å². The van der Waals surface area contributed by atoms with Gasteiger partial charge in [-0.2, -0.15) is 5.10 Å². The van der Waals surface area contributed by atoms with E-state index in [2.05, 4.69) is 26.3 Å². The molecule has 2 aromatic rings. The fraction of sp³-hybridized carbons (Fsp3) is 0.308. The molecule has 0 aliphatic rings. The van der Waals surface area contributed by atoms with Crippen LogP contribution in [0.2, 0.25) is 0 Å². The highest BCUT2D eigenvalue weighted by molar-refractivity contribution is 9.10. The highest BCUT2D eigenvalue weighted by Crippen LogP contribution is 2.29. The van der Waals surface area contributed by atoms with Gasteiger partial charge in [-0.25, -0.2) is 4.39 Å². The summed E-state index contributed by atoms with van der Waals surface area (Å²) in [6.07, 6.45) is 1.91. The Kier molecular flexibility index (Phi) is 3.82. The topological polar surface area (TPSA) is 29.9 Å². The van der Waals surface area contributed by atoms with Crippen LogP contribution in [0.3, 0.4) is 0 Å². The highest BCUT2D eigenvalue weighted by atomic mass is 79.9. The first-order valence-corrected chi connectivity index (χ1v) is 6.45. The highest BCUT2D eigenvalue weighted by Gasteiger charge is 2.21. The van der Waals surface area contributed by atoms with Gasteiger partial charge in [-0.1, -0.05) is 12.1 Å². The fourth-order valence-corrected chi connectivity index (χ4v) is 2.50. The molecule has 1 aromatic heterocycles. The number of benzene rings is 1. The van der Waals surface area contributed by atoms with E-state index >= 15 is 0 Å². The maximum Gasteiger partial charge on any atom is 0.142 e. The summed E-state index contributed by atoms with van der Waals surface area (Å²) >= 11 is 3.22. The van der Waals surface area contributed by atoms with E-state index in [1.807, 2.05) is 33.3 Å². The third kappa shape index (κ3) is 2.33. The second-order valence-corrected chi connectivity index (χ2v) is 5.06. The monoisotopic (exact) mass is 311 g/mol. The summed E-state index contributed by atoms with van der Waals surface area (Å²) in [6, 6.07) is 5.12. The molecule has 18 heavy (non-hydrogen) atoms. The van der Waals surface area contributed by atoms with Crippen molar-refractivity contribution < 1.29 is 4.39 Å². The third-order valence-electron chi connectivity index (χ3n) is 2.94. The van der Waals surface area contributed by atoms with Gasteiger partial charge in [0.15, 0.2) is 0 Å². The van der Waals surface area contributed by atoms with E-state index in [1.54, 1.807) is 16.8 Å². The summed E-state index contributed by atoms with van der Waals surface area (Å²) in [6.45, 7) is 1.93. The van der Waals surface area contributed by atoms with Crippen molar-refractivity contribution >= 4 is 15.9 Å². The Morgan fingerprint density at radius 3 is 2.67 bits per heavy atom. The van der Waals surface area contributed by atoms with Crippen LogP contribution in [-0.2, 0) is 7.05 Å². The lowest BCUT2D eigenvalue weighted by molar-refractivity contribution is 0.570. The van der Waals surface area contributed by atoms with Gasteiger partial charge in [0.25, 0.3) is 0 Å². The van der Waals surface area contributed by atoms with Crippen molar-refractivity contribution in [2.45, 2.75) is 13.0 Å². The average Bonchev–Trinajstić information content (AvgIpc) is 2.65. The summed E-state index contributed by atoms with van der Waals surface area (Å²) in [5.41, 5.74) is 2.50. The minimum atomic E-state index is -0.236. The lowest BCUT2D eigenvalue weighted by Crippen LogP contribution is -2.19. The van der Waals surface area contributed by atoms with Crippen LogP contribution in [0.4, 0.5) is 4.39 Å². The number of rotatable bonds is 3. The molecule has 0 spiro atoms. The molecule has 0 radical (unpaired) electrons. The molecule has 1 aromatic carbocycles. The van der Waals surface area contributed by atoms with E-state index in [4.69, 9.17) is 0 Å². The van der Waals surface area contributed by atoms with Crippen LogP contribution in [0.5, 0.6) is 0 Å². The molecule has 0 aliphatic carbocycles. The summed E-state index contributed by atoms with van der Waals surface area (Å²) in [5.74, 6) is -0.236. The molecule has 0 saturated carbocycles. The van der Waals surface area contributed by atoms with Gasteiger partial charge < -0.3 is 5.32 Å². The van der Waals surface area contributed by atoms with E-state index in [0.717, 1.165) is 11.3 Å².